The van der Waals surface area contributed by atoms with Gasteiger partial charge in [-0.3, -0.25) is 0 Å². The monoisotopic (exact) mass is 275 g/mol. The molecule has 1 N–H and O–H groups in total. The standard InChI is InChI=1S/C18H17N3/c1-2-4-15(5-3-1)10-19-11-16-6-8-17(9-7-16)18-12-20-14-21-13-18/h1-9,12-14,19H,10-11H2. The molecule has 3 aromatic rings. The first-order valence-corrected chi connectivity index (χ1v) is 7.01. The minimum atomic E-state index is 0.862. The van der Waals surface area contributed by atoms with Crippen molar-refractivity contribution in [2.24, 2.45) is 0 Å². The summed E-state index contributed by atoms with van der Waals surface area (Å²) in [4.78, 5) is 8.09. The molecule has 0 unspecified atom stereocenters. The van der Waals surface area contributed by atoms with Crippen molar-refractivity contribution >= 4 is 0 Å². The van der Waals surface area contributed by atoms with Crippen LogP contribution in [0.3, 0.4) is 0 Å². The van der Waals surface area contributed by atoms with Crippen molar-refractivity contribution in [3.63, 3.8) is 0 Å². The molecule has 3 rings (SSSR count). The SMILES string of the molecule is c1ccc(CNCc2ccc(-c3cncnc3)cc2)cc1. The molecule has 1 aromatic heterocycles. The van der Waals surface area contributed by atoms with E-state index in [9.17, 15) is 0 Å². The molecule has 0 bridgehead atoms. The van der Waals surface area contributed by atoms with Gasteiger partial charge in [-0.1, -0.05) is 54.6 Å². The Bertz CT molecular complexity index is 664. The predicted molar refractivity (Wildman–Crippen MR) is 84.5 cm³/mol. The summed E-state index contributed by atoms with van der Waals surface area (Å²) in [6.07, 6.45) is 5.21. The molecule has 0 saturated heterocycles. The lowest BCUT2D eigenvalue weighted by atomic mass is 10.1. The maximum Gasteiger partial charge on any atom is 0.115 e. The highest BCUT2D eigenvalue weighted by atomic mass is 14.8. The van der Waals surface area contributed by atoms with E-state index >= 15 is 0 Å². The van der Waals surface area contributed by atoms with Gasteiger partial charge in [-0.15, -0.1) is 0 Å². The smallest absolute Gasteiger partial charge is 0.115 e. The second kappa shape index (κ2) is 6.77. The van der Waals surface area contributed by atoms with Crippen LogP contribution in [0.1, 0.15) is 11.1 Å². The van der Waals surface area contributed by atoms with Crippen LogP contribution >= 0.6 is 0 Å². The van der Waals surface area contributed by atoms with Crippen LogP contribution in [0.2, 0.25) is 0 Å². The largest absolute Gasteiger partial charge is 0.309 e. The second-order valence-electron chi connectivity index (χ2n) is 4.91. The topological polar surface area (TPSA) is 37.8 Å². The van der Waals surface area contributed by atoms with Crippen LogP contribution < -0.4 is 5.32 Å². The molecule has 21 heavy (non-hydrogen) atoms. The third-order valence-corrected chi connectivity index (χ3v) is 3.35. The van der Waals surface area contributed by atoms with Crippen LogP contribution in [-0.4, -0.2) is 9.97 Å². The Morgan fingerprint density at radius 3 is 1.95 bits per heavy atom. The van der Waals surface area contributed by atoms with Crippen molar-refractivity contribution in [2.75, 3.05) is 0 Å². The maximum atomic E-state index is 4.04. The molecule has 0 aliphatic heterocycles. The second-order valence-corrected chi connectivity index (χ2v) is 4.91. The van der Waals surface area contributed by atoms with E-state index in [2.05, 4.69) is 63.8 Å². The Kier molecular flexibility index (Phi) is 4.34. The average molecular weight is 275 g/mol. The van der Waals surface area contributed by atoms with Gasteiger partial charge in [0.1, 0.15) is 6.33 Å². The van der Waals surface area contributed by atoms with Crippen LogP contribution in [-0.2, 0) is 13.1 Å². The molecule has 2 aromatic carbocycles. The molecule has 0 aliphatic rings. The molecule has 0 fully saturated rings. The maximum absolute atomic E-state index is 4.04. The number of benzene rings is 2. The highest BCUT2D eigenvalue weighted by Crippen LogP contribution is 2.17. The van der Waals surface area contributed by atoms with Gasteiger partial charge in [0.25, 0.3) is 0 Å². The van der Waals surface area contributed by atoms with E-state index in [-0.39, 0.29) is 0 Å². The summed E-state index contributed by atoms with van der Waals surface area (Å²) in [7, 11) is 0. The van der Waals surface area contributed by atoms with Gasteiger partial charge in [0.2, 0.25) is 0 Å². The van der Waals surface area contributed by atoms with Crippen molar-refractivity contribution in [2.45, 2.75) is 13.1 Å². The number of hydrogen-bond acceptors (Lipinski definition) is 3. The first-order valence-electron chi connectivity index (χ1n) is 7.01. The molecule has 1 heterocycles. The van der Waals surface area contributed by atoms with E-state index in [4.69, 9.17) is 0 Å². The summed E-state index contributed by atoms with van der Waals surface area (Å²) in [5.41, 5.74) is 4.76. The Labute approximate surface area is 124 Å². The molecule has 0 amide bonds. The summed E-state index contributed by atoms with van der Waals surface area (Å²) in [5.74, 6) is 0. The third kappa shape index (κ3) is 3.74. The number of rotatable bonds is 5. The Balaban J connectivity index is 1.58. The van der Waals surface area contributed by atoms with Gasteiger partial charge >= 0.3 is 0 Å². The van der Waals surface area contributed by atoms with Crippen molar-refractivity contribution in [1.82, 2.24) is 15.3 Å². The fraction of sp³-hybridized carbons (Fsp3) is 0.111. The lowest BCUT2D eigenvalue weighted by molar-refractivity contribution is 0.693. The van der Waals surface area contributed by atoms with Gasteiger partial charge in [0.05, 0.1) is 0 Å². The summed E-state index contributed by atoms with van der Waals surface area (Å²) >= 11 is 0. The Hall–Kier alpha value is -2.52. The van der Waals surface area contributed by atoms with Crippen molar-refractivity contribution in [3.05, 3.63) is 84.4 Å². The third-order valence-electron chi connectivity index (χ3n) is 3.35. The number of nitrogens with zero attached hydrogens (tertiary/aromatic N) is 2. The summed E-state index contributed by atoms with van der Waals surface area (Å²) < 4.78 is 0. The van der Waals surface area contributed by atoms with Crippen molar-refractivity contribution in [1.29, 1.82) is 0 Å². The summed E-state index contributed by atoms with van der Waals surface area (Å²) in [6.45, 7) is 1.75. The zero-order chi connectivity index (χ0) is 14.3. The van der Waals surface area contributed by atoms with Crippen LogP contribution in [0, 0.1) is 0 Å². The quantitative estimate of drug-likeness (QED) is 0.775. The molecule has 0 radical (unpaired) electrons. The lowest BCUT2D eigenvalue weighted by Gasteiger charge is -2.06. The van der Waals surface area contributed by atoms with Gasteiger partial charge in [-0.25, -0.2) is 9.97 Å². The fourth-order valence-corrected chi connectivity index (χ4v) is 2.21. The Morgan fingerprint density at radius 2 is 1.29 bits per heavy atom. The van der Waals surface area contributed by atoms with Crippen molar-refractivity contribution < 1.29 is 0 Å². The van der Waals surface area contributed by atoms with Crippen LogP contribution in [0.4, 0.5) is 0 Å². The van der Waals surface area contributed by atoms with E-state index in [0.717, 1.165) is 24.2 Å². The van der Waals surface area contributed by atoms with Gasteiger partial charge in [0, 0.05) is 31.0 Å². The predicted octanol–water partition coefficient (Wildman–Crippen LogP) is 3.43. The summed E-state index contributed by atoms with van der Waals surface area (Å²) in [5, 5.41) is 3.45. The molecule has 3 nitrogen and oxygen atoms in total. The van der Waals surface area contributed by atoms with E-state index in [1.807, 2.05) is 18.5 Å². The molecule has 104 valence electrons. The zero-order valence-electron chi connectivity index (χ0n) is 11.7. The average Bonchev–Trinajstić information content (AvgIpc) is 2.57. The van der Waals surface area contributed by atoms with Gasteiger partial charge in [-0.05, 0) is 16.7 Å². The highest BCUT2D eigenvalue weighted by molar-refractivity contribution is 5.61. The number of hydrogen-bond donors (Lipinski definition) is 1. The Morgan fingerprint density at radius 1 is 0.667 bits per heavy atom. The van der Waals surface area contributed by atoms with Crippen LogP contribution in [0.15, 0.2) is 73.3 Å². The lowest BCUT2D eigenvalue weighted by Crippen LogP contribution is -2.12. The van der Waals surface area contributed by atoms with Crippen LogP contribution in [0.25, 0.3) is 11.1 Å². The van der Waals surface area contributed by atoms with Gasteiger partial charge in [-0.2, -0.15) is 0 Å². The van der Waals surface area contributed by atoms with E-state index in [1.54, 1.807) is 6.33 Å². The van der Waals surface area contributed by atoms with Gasteiger partial charge < -0.3 is 5.32 Å². The van der Waals surface area contributed by atoms with E-state index in [0.29, 0.717) is 0 Å². The fourth-order valence-electron chi connectivity index (χ4n) is 2.21. The highest BCUT2D eigenvalue weighted by Gasteiger charge is 1.98. The molecular weight excluding hydrogens is 258 g/mol. The first-order chi connectivity index (χ1) is 10.4. The normalized spacial score (nSPS) is 10.5. The molecule has 0 spiro atoms. The summed E-state index contributed by atoms with van der Waals surface area (Å²) in [6, 6.07) is 18.9. The van der Waals surface area contributed by atoms with E-state index < -0.39 is 0 Å². The number of nitrogens with one attached hydrogen (secondary N) is 1. The van der Waals surface area contributed by atoms with Gasteiger partial charge in [0.15, 0.2) is 0 Å². The minimum absolute atomic E-state index is 0.862. The first kappa shape index (κ1) is 13.5. The molecule has 3 heteroatoms. The minimum Gasteiger partial charge on any atom is -0.309 e. The molecule has 0 aliphatic carbocycles. The number of aromatic nitrogens is 2. The molecule has 0 saturated carbocycles. The zero-order valence-corrected chi connectivity index (χ0v) is 11.7. The molecular formula is C18H17N3. The van der Waals surface area contributed by atoms with Crippen molar-refractivity contribution in [3.8, 4) is 11.1 Å². The van der Waals surface area contributed by atoms with Crippen LogP contribution in [0.5, 0.6) is 0 Å². The molecule has 0 atom stereocenters. The van der Waals surface area contributed by atoms with E-state index in [1.165, 1.54) is 11.1 Å².